The van der Waals surface area contributed by atoms with Crippen molar-refractivity contribution in [2.24, 2.45) is 0 Å². The largest absolute Gasteiger partial charge is 0.447 e. The third kappa shape index (κ3) is 3.88. The average molecular weight is 459 g/mol. The molecule has 0 spiro atoms. The van der Waals surface area contributed by atoms with Gasteiger partial charge in [-0.3, -0.25) is 9.69 Å². The van der Waals surface area contributed by atoms with E-state index in [-0.39, 0.29) is 11.8 Å². The Bertz CT molecular complexity index is 1140. The van der Waals surface area contributed by atoms with E-state index in [1.807, 2.05) is 24.3 Å². The van der Waals surface area contributed by atoms with Gasteiger partial charge in [-0.2, -0.15) is 4.98 Å². The van der Waals surface area contributed by atoms with Crippen LogP contribution in [0.3, 0.4) is 0 Å². The molecule has 4 rings (SSSR count). The van der Waals surface area contributed by atoms with Gasteiger partial charge < -0.3 is 4.74 Å². The van der Waals surface area contributed by atoms with Crippen LogP contribution in [0.4, 0.5) is 5.69 Å². The number of hydrogen-bond donors (Lipinski definition) is 0. The molecule has 152 valence electrons. The van der Waals surface area contributed by atoms with E-state index in [1.165, 1.54) is 23.6 Å². The van der Waals surface area contributed by atoms with Gasteiger partial charge in [-0.25, -0.2) is 0 Å². The van der Waals surface area contributed by atoms with Crippen LogP contribution in [0, 0.1) is 0 Å². The monoisotopic (exact) mass is 458 g/mol. The zero-order chi connectivity index (χ0) is 21.3. The molecule has 1 aliphatic rings. The summed E-state index contributed by atoms with van der Waals surface area (Å²) >= 11 is 13.9. The van der Waals surface area contributed by atoms with Gasteiger partial charge in [0.05, 0.1) is 10.7 Å². The summed E-state index contributed by atoms with van der Waals surface area (Å²) in [5.74, 6) is 0.674. The van der Waals surface area contributed by atoms with Crippen molar-refractivity contribution in [1.29, 1.82) is 0 Å². The smallest absolute Gasteiger partial charge is 0.247 e. The predicted molar refractivity (Wildman–Crippen MR) is 119 cm³/mol. The Balaban J connectivity index is 1.93. The van der Waals surface area contributed by atoms with Gasteiger partial charge in [0.25, 0.3) is 0 Å². The second-order valence-corrected chi connectivity index (χ2v) is 8.22. The SMILES string of the molecule is C=CCSc1nnc2c(n1)O[C@@H](c1ccc(Cl)cc1Cl)N(C(C)=O)c1ccccc1-2. The number of carbonyl (C=O) groups excluding carboxylic acids is 1. The van der Waals surface area contributed by atoms with E-state index >= 15 is 0 Å². The molecule has 0 N–H and O–H groups in total. The highest BCUT2D eigenvalue weighted by Gasteiger charge is 2.35. The third-order valence-electron chi connectivity index (χ3n) is 4.41. The predicted octanol–water partition coefficient (Wildman–Crippen LogP) is 5.57. The molecule has 9 heteroatoms. The molecule has 30 heavy (non-hydrogen) atoms. The molecule has 0 bridgehead atoms. The molecule has 0 radical (unpaired) electrons. The lowest BCUT2D eigenvalue weighted by molar-refractivity contribution is -0.118. The number of halogens is 2. The number of amides is 1. The molecule has 0 saturated carbocycles. The zero-order valence-electron chi connectivity index (χ0n) is 15.9. The first-order valence-corrected chi connectivity index (χ1v) is 10.7. The van der Waals surface area contributed by atoms with Crippen LogP contribution in [-0.2, 0) is 4.79 Å². The summed E-state index contributed by atoms with van der Waals surface area (Å²) in [5.41, 5.74) is 2.35. The summed E-state index contributed by atoms with van der Waals surface area (Å²) in [6.07, 6.45) is 0.896. The number of rotatable bonds is 4. The number of carbonyl (C=O) groups is 1. The molecule has 1 aliphatic heterocycles. The summed E-state index contributed by atoms with van der Waals surface area (Å²) in [5, 5.41) is 9.85. The fourth-order valence-electron chi connectivity index (χ4n) is 3.15. The lowest BCUT2D eigenvalue weighted by atomic mass is 10.1. The van der Waals surface area contributed by atoms with Gasteiger partial charge in [0, 0.05) is 28.8 Å². The Morgan fingerprint density at radius 3 is 2.80 bits per heavy atom. The minimum atomic E-state index is -0.858. The molecule has 6 nitrogen and oxygen atoms in total. The van der Waals surface area contributed by atoms with Crippen LogP contribution in [0.15, 0.2) is 60.3 Å². The molecule has 1 aromatic heterocycles. The minimum Gasteiger partial charge on any atom is -0.447 e. The van der Waals surface area contributed by atoms with E-state index < -0.39 is 6.23 Å². The van der Waals surface area contributed by atoms with Gasteiger partial charge in [0.2, 0.25) is 23.2 Å². The van der Waals surface area contributed by atoms with E-state index in [4.69, 9.17) is 27.9 Å². The summed E-state index contributed by atoms with van der Waals surface area (Å²) in [7, 11) is 0. The fraction of sp³-hybridized carbons (Fsp3) is 0.143. The first-order chi connectivity index (χ1) is 14.5. The molecule has 3 aromatic rings. The second-order valence-electron chi connectivity index (χ2n) is 6.39. The Morgan fingerprint density at radius 2 is 2.07 bits per heavy atom. The lowest BCUT2D eigenvalue weighted by Gasteiger charge is -2.30. The first-order valence-electron chi connectivity index (χ1n) is 8.99. The summed E-state index contributed by atoms with van der Waals surface area (Å²) in [6, 6.07) is 12.4. The van der Waals surface area contributed by atoms with Gasteiger partial charge in [0.1, 0.15) is 0 Å². The van der Waals surface area contributed by atoms with Gasteiger partial charge in [0.15, 0.2) is 5.69 Å². The number of nitrogens with zero attached hydrogens (tertiary/aromatic N) is 4. The molecule has 2 heterocycles. The highest BCUT2D eigenvalue weighted by Crippen LogP contribution is 2.44. The lowest BCUT2D eigenvalue weighted by Crippen LogP contribution is -2.36. The highest BCUT2D eigenvalue weighted by molar-refractivity contribution is 7.99. The minimum absolute atomic E-state index is 0.222. The highest BCUT2D eigenvalue weighted by atomic mass is 35.5. The molecule has 0 saturated heterocycles. The fourth-order valence-corrected chi connectivity index (χ4v) is 4.17. The maximum absolute atomic E-state index is 12.7. The van der Waals surface area contributed by atoms with Crippen LogP contribution >= 0.6 is 35.0 Å². The van der Waals surface area contributed by atoms with Crippen molar-refractivity contribution in [2.75, 3.05) is 10.7 Å². The van der Waals surface area contributed by atoms with Crippen molar-refractivity contribution in [3.8, 4) is 17.1 Å². The normalized spacial score (nSPS) is 14.9. The third-order valence-corrected chi connectivity index (χ3v) is 5.81. The summed E-state index contributed by atoms with van der Waals surface area (Å²) < 4.78 is 6.27. The van der Waals surface area contributed by atoms with E-state index in [0.29, 0.717) is 43.5 Å². The summed E-state index contributed by atoms with van der Waals surface area (Å²) in [4.78, 5) is 18.8. The van der Waals surface area contributed by atoms with E-state index in [1.54, 1.807) is 24.3 Å². The van der Waals surface area contributed by atoms with Gasteiger partial charge in [-0.05, 0) is 18.2 Å². The molecule has 2 aromatic carbocycles. The molecule has 1 amide bonds. The topological polar surface area (TPSA) is 68.2 Å². The van der Waals surface area contributed by atoms with Crippen molar-refractivity contribution in [1.82, 2.24) is 15.2 Å². The number of thioether (sulfide) groups is 1. The molecule has 0 aliphatic carbocycles. The maximum Gasteiger partial charge on any atom is 0.247 e. The maximum atomic E-state index is 12.7. The van der Waals surface area contributed by atoms with Crippen LogP contribution in [0.25, 0.3) is 11.3 Å². The van der Waals surface area contributed by atoms with E-state index in [0.717, 1.165) is 0 Å². The average Bonchev–Trinajstić information content (AvgIpc) is 2.86. The quantitative estimate of drug-likeness (QED) is 0.376. The first kappa shape index (κ1) is 20.7. The number of ether oxygens (including phenoxy) is 1. The second kappa shape index (κ2) is 8.63. The van der Waals surface area contributed by atoms with Crippen molar-refractivity contribution < 1.29 is 9.53 Å². The molecular weight excluding hydrogens is 443 g/mol. The Kier molecular flexibility index (Phi) is 5.94. The van der Waals surface area contributed by atoms with E-state index in [2.05, 4.69) is 21.8 Å². The molecule has 0 fully saturated rings. The van der Waals surface area contributed by atoms with Gasteiger partial charge in [-0.1, -0.05) is 65.3 Å². The Labute approximate surface area is 187 Å². The standard InChI is InChI=1S/C21H16Cl2N4O2S/c1-3-10-30-21-24-19-18(25-26-21)15-6-4-5-7-17(15)27(12(2)28)20(29-19)14-9-8-13(22)11-16(14)23/h3-9,11,20H,1,10H2,2H3/t20-/m0/s1. The van der Waals surface area contributed by atoms with Crippen molar-refractivity contribution >= 4 is 46.6 Å². The summed E-state index contributed by atoms with van der Waals surface area (Å²) in [6.45, 7) is 5.18. The number of anilines is 1. The Morgan fingerprint density at radius 1 is 1.27 bits per heavy atom. The number of aromatic nitrogens is 3. The van der Waals surface area contributed by atoms with Gasteiger partial charge in [-0.15, -0.1) is 16.8 Å². The molecular formula is C21H16Cl2N4O2S. The van der Waals surface area contributed by atoms with Crippen LogP contribution in [0.2, 0.25) is 10.0 Å². The van der Waals surface area contributed by atoms with E-state index in [9.17, 15) is 4.79 Å². The van der Waals surface area contributed by atoms with Crippen molar-refractivity contribution in [2.45, 2.75) is 18.3 Å². The number of para-hydroxylation sites is 1. The van der Waals surface area contributed by atoms with Crippen LogP contribution < -0.4 is 9.64 Å². The number of fused-ring (bicyclic) bond motifs is 3. The van der Waals surface area contributed by atoms with Crippen molar-refractivity contribution in [3.05, 3.63) is 70.7 Å². The molecule has 1 atom stereocenters. The molecule has 0 unspecified atom stereocenters. The van der Waals surface area contributed by atoms with Crippen LogP contribution in [0.1, 0.15) is 18.7 Å². The Hall–Kier alpha value is -2.61. The number of hydrogen-bond acceptors (Lipinski definition) is 6. The zero-order valence-corrected chi connectivity index (χ0v) is 18.2. The number of benzene rings is 2. The van der Waals surface area contributed by atoms with Crippen LogP contribution in [0.5, 0.6) is 5.88 Å². The van der Waals surface area contributed by atoms with Crippen LogP contribution in [-0.4, -0.2) is 26.8 Å². The van der Waals surface area contributed by atoms with Crippen molar-refractivity contribution in [3.63, 3.8) is 0 Å². The van der Waals surface area contributed by atoms with Gasteiger partial charge >= 0.3 is 0 Å².